The molecule has 2 atom stereocenters. The summed E-state index contributed by atoms with van der Waals surface area (Å²) in [5.74, 6) is -0.598. The molecule has 1 saturated carbocycles. The lowest BCUT2D eigenvalue weighted by Crippen LogP contribution is -2.31. The minimum Gasteiger partial charge on any atom is -0.361 e. The maximum atomic E-state index is 12.3. The molecule has 3 N–H and O–H groups in total. The van der Waals surface area contributed by atoms with E-state index in [1.54, 1.807) is 6.07 Å². The van der Waals surface area contributed by atoms with Crippen molar-refractivity contribution in [1.29, 1.82) is 0 Å². The molecule has 0 aliphatic heterocycles. The summed E-state index contributed by atoms with van der Waals surface area (Å²) in [5, 5.41) is 7.65. The highest BCUT2D eigenvalue weighted by atomic mass is 35.5. The van der Waals surface area contributed by atoms with Gasteiger partial charge in [0.05, 0.1) is 11.8 Å². The van der Waals surface area contributed by atoms with E-state index in [4.69, 9.17) is 11.6 Å². The normalized spacial score (nSPS) is 18.0. The van der Waals surface area contributed by atoms with Gasteiger partial charge < -0.3 is 15.6 Å². The first-order valence-corrected chi connectivity index (χ1v) is 9.85. The molecular formula is C22H22ClN3O2. The number of halogens is 1. The number of benzene rings is 2. The molecule has 6 heteroatoms. The number of carbonyl (C=O) groups excluding carboxylic acids is 2. The highest BCUT2D eigenvalue weighted by Crippen LogP contribution is 2.38. The van der Waals surface area contributed by atoms with Gasteiger partial charge >= 0.3 is 0 Å². The molecule has 5 nitrogen and oxygen atoms in total. The maximum absolute atomic E-state index is 12.3. The first-order valence-electron chi connectivity index (χ1n) is 9.47. The number of rotatable bonds is 7. The number of amides is 2. The zero-order valence-corrected chi connectivity index (χ0v) is 16.1. The number of nitrogens with one attached hydrogen (secondary N) is 3. The quantitative estimate of drug-likeness (QED) is 0.573. The molecular weight excluding hydrogens is 374 g/mol. The van der Waals surface area contributed by atoms with Crippen molar-refractivity contribution in [2.24, 2.45) is 11.8 Å². The molecule has 2 aromatic carbocycles. The second-order valence-electron chi connectivity index (χ2n) is 7.16. The molecule has 4 rings (SSSR count). The minimum absolute atomic E-state index is 0.0438. The van der Waals surface area contributed by atoms with E-state index < -0.39 is 0 Å². The van der Waals surface area contributed by atoms with Crippen LogP contribution >= 0.6 is 11.6 Å². The van der Waals surface area contributed by atoms with Crippen molar-refractivity contribution in [3.05, 3.63) is 70.9 Å². The summed E-state index contributed by atoms with van der Waals surface area (Å²) in [6, 6.07) is 15.5. The Morgan fingerprint density at radius 2 is 1.68 bits per heavy atom. The number of carbonyl (C=O) groups is 2. The molecule has 1 aliphatic rings. The van der Waals surface area contributed by atoms with Crippen LogP contribution in [0, 0.1) is 11.8 Å². The lowest BCUT2D eigenvalue weighted by Gasteiger charge is -2.07. The molecule has 1 fully saturated rings. The minimum atomic E-state index is -0.240. The Balaban J connectivity index is 1.22. The van der Waals surface area contributed by atoms with Gasteiger partial charge in [0.1, 0.15) is 0 Å². The third-order valence-electron chi connectivity index (χ3n) is 5.24. The number of aromatic nitrogens is 1. The van der Waals surface area contributed by atoms with Crippen LogP contribution in [0.15, 0.2) is 54.7 Å². The van der Waals surface area contributed by atoms with Crippen molar-refractivity contribution in [2.45, 2.75) is 19.4 Å². The molecule has 0 radical (unpaired) electrons. The summed E-state index contributed by atoms with van der Waals surface area (Å²) in [6.07, 6.45) is 3.35. The Morgan fingerprint density at radius 3 is 2.50 bits per heavy atom. The molecule has 2 unspecified atom stereocenters. The summed E-state index contributed by atoms with van der Waals surface area (Å²) in [5.41, 5.74) is 3.15. The average Bonchev–Trinajstić information content (AvgIpc) is 3.42. The van der Waals surface area contributed by atoms with Crippen molar-refractivity contribution in [3.8, 4) is 0 Å². The number of para-hydroxylation sites is 1. The molecule has 3 aromatic rings. The highest BCUT2D eigenvalue weighted by molar-refractivity contribution is 6.31. The van der Waals surface area contributed by atoms with Gasteiger partial charge in [0.25, 0.3) is 0 Å². The molecule has 1 aliphatic carbocycles. The third kappa shape index (κ3) is 4.04. The van der Waals surface area contributed by atoms with Gasteiger partial charge in [-0.05, 0) is 36.1 Å². The van der Waals surface area contributed by atoms with E-state index in [1.807, 2.05) is 42.6 Å². The fraction of sp³-hybridized carbons (Fsp3) is 0.273. The van der Waals surface area contributed by atoms with Gasteiger partial charge in [0, 0.05) is 35.2 Å². The molecule has 0 saturated heterocycles. The Bertz CT molecular complexity index is 1010. The number of hydrogen-bond acceptors (Lipinski definition) is 2. The fourth-order valence-electron chi connectivity index (χ4n) is 3.52. The molecule has 28 heavy (non-hydrogen) atoms. The van der Waals surface area contributed by atoms with Crippen molar-refractivity contribution in [1.82, 2.24) is 15.6 Å². The first kappa shape index (κ1) is 18.6. The predicted molar refractivity (Wildman–Crippen MR) is 110 cm³/mol. The summed E-state index contributed by atoms with van der Waals surface area (Å²) in [7, 11) is 0. The maximum Gasteiger partial charge on any atom is 0.224 e. The van der Waals surface area contributed by atoms with E-state index in [0.29, 0.717) is 24.5 Å². The third-order valence-corrected chi connectivity index (χ3v) is 5.61. The van der Waals surface area contributed by atoms with E-state index in [2.05, 4.69) is 21.7 Å². The zero-order chi connectivity index (χ0) is 19.5. The average molecular weight is 396 g/mol. The molecule has 144 valence electrons. The van der Waals surface area contributed by atoms with Crippen LogP contribution in [0.4, 0.5) is 0 Å². The Kier molecular flexibility index (Phi) is 5.35. The van der Waals surface area contributed by atoms with Crippen LogP contribution in [0.5, 0.6) is 0 Å². The Morgan fingerprint density at radius 1 is 0.964 bits per heavy atom. The molecule has 0 bridgehead atoms. The van der Waals surface area contributed by atoms with Crippen molar-refractivity contribution < 1.29 is 9.59 Å². The predicted octanol–water partition coefficient (Wildman–Crippen LogP) is 3.43. The van der Waals surface area contributed by atoms with Crippen molar-refractivity contribution in [2.75, 3.05) is 6.54 Å². The largest absolute Gasteiger partial charge is 0.361 e. The van der Waals surface area contributed by atoms with Gasteiger partial charge in [-0.25, -0.2) is 0 Å². The second kappa shape index (κ2) is 8.07. The van der Waals surface area contributed by atoms with Crippen LogP contribution in [0.2, 0.25) is 5.02 Å². The van der Waals surface area contributed by atoms with Crippen LogP contribution in [-0.2, 0) is 22.6 Å². The molecule has 1 aromatic heterocycles. The van der Waals surface area contributed by atoms with Crippen LogP contribution in [0.3, 0.4) is 0 Å². The monoisotopic (exact) mass is 395 g/mol. The Labute approximate surface area is 168 Å². The standard InChI is InChI=1S/C22H22ClN3O2/c23-19-7-3-1-5-15(19)13-26-22(28)18-11-17(18)21(27)24-10-9-14-12-25-20-8-4-2-6-16(14)20/h1-8,12,17-18,25H,9-11,13H2,(H,24,27)(H,26,28). The lowest BCUT2D eigenvalue weighted by molar-refractivity contribution is -0.127. The van der Waals surface area contributed by atoms with Gasteiger partial charge in [-0.1, -0.05) is 48.0 Å². The van der Waals surface area contributed by atoms with E-state index >= 15 is 0 Å². The van der Waals surface area contributed by atoms with Crippen LogP contribution in [-0.4, -0.2) is 23.3 Å². The summed E-state index contributed by atoms with van der Waals surface area (Å²) < 4.78 is 0. The van der Waals surface area contributed by atoms with E-state index in [9.17, 15) is 9.59 Å². The van der Waals surface area contributed by atoms with Gasteiger partial charge in [0.15, 0.2) is 0 Å². The van der Waals surface area contributed by atoms with Crippen molar-refractivity contribution >= 4 is 34.3 Å². The number of H-pyrrole nitrogens is 1. The lowest BCUT2D eigenvalue weighted by atomic mass is 10.1. The number of hydrogen-bond donors (Lipinski definition) is 3. The van der Waals surface area contributed by atoms with Crippen molar-refractivity contribution in [3.63, 3.8) is 0 Å². The van der Waals surface area contributed by atoms with Gasteiger partial charge in [0.2, 0.25) is 11.8 Å². The first-order chi connectivity index (χ1) is 13.6. The van der Waals surface area contributed by atoms with E-state index in [1.165, 1.54) is 10.9 Å². The van der Waals surface area contributed by atoms with Gasteiger partial charge in [-0.2, -0.15) is 0 Å². The topological polar surface area (TPSA) is 74.0 Å². The van der Waals surface area contributed by atoms with Crippen LogP contribution in [0.1, 0.15) is 17.5 Å². The summed E-state index contributed by atoms with van der Waals surface area (Å²) in [4.78, 5) is 27.8. The Hall–Kier alpha value is -2.79. The molecule has 2 amide bonds. The summed E-state index contributed by atoms with van der Waals surface area (Å²) >= 11 is 6.10. The van der Waals surface area contributed by atoms with Gasteiger partial charge in [-0.15, -0.1) is 0 Å². The summed E-state index contributed by atoms with van der Waals surface area (Å²) in [6.45, 7) is 0.940. The highest BCUT2D eigenvalue weighted by Gasteiger charge is 2.47. The van der Waals surface area contributed by atoms with Gasteiger partial charge in [-0.3, -0.25) is 9.59 Å². The molecule has 0 spiro atoms. The number of fused-ring (bicyclic) bond motifs is 1. The SMILES string of the molecule is O=C(NCCc1c[nH]c2ccccc12)C1CC1C(=O)NCc1ccccc1Cl. The second-order valence-corrected chi connectivity index (χ2v) is 7.57. The molecule has 1 heterocycles. The fourth-order valence-corrected chi connectivity index (χ4v) is 3.72. The number of aromatic amines is 1. The smallest absolute Gasteiger partial charge is 0.224 e. The van der Waals surface area contributed by atoms with Crippen LogP contribution in [0.25, 0.3) is 10.9 Å². The van der Waals surface area contributed by atoms with E-state index in [-0.39, 0.29) is 23.7 Å². The van der Waals surface area contributed by atoms with E-state index in [0.717, 1.165) is 17.5 Å². The van der Waals surface area contributed by atoms with Crippen LogP contribution < -0.4 is 10.6 Å². The zero-order valence-electron chi connectivity index (χ0n) is 15.4.